The molecule has 1 amide bonds. The zero-order chi connectivity index (χ0) is 15.5. The SMILES string of the molecule is COC1CC(NC2CCC(NC(=O)OC(C)(C)C)CC2)C1. The highest BCUT2D eigenvalue weighted by Crippen LogP contribution is 2.26. The van der Waals surface area contributed by atoms with Crippen molar-refractivity contribution in [2.45, 2.75) is 89.1 Å². The van der Waals surface area contributed by atoms with E-state index in [1.54, 1.807) is 7.11 Å². The lowest BCUT2D eigenvalue weighted by atomic mass is 9.85. The number of hydrogen-bond donors (Lipinski definition) is 2. The maximum Gasteiger partial charge on any atom is 0.407 e. The smallest absolute Gasteiger partial charge is 0.407 e. The quantitative estimate of drug-likeness (QED) is 0.837. The third-order valence-corrected chi connectivity index (χ3v) is 4.35. The van der Waals surface area contributed by atoms with Crippen LogP contribution in [-0.2, 0) is 9.47 Å². The van der Waals surface area contributed by atoms with E-state index in [0.29, 0.717) is 18.2 Å². The second-order valence-corrected chi connectivity index (χ2v) is 7.39. The van der Waals surface area contributed by atoms with Gasteiger partial charge < -0.3 is 20.1 Å². The molecule has 2 aliphatic carbocycles. The molecule has 0 unspecified atom stereocenters. The van der Waals surface area contributed by atoms with Crippen molar-refractivity contribution in [3.8, 4) is 0 Å². The zero-order valence-electron chi connectivity index (χ0n) is 13.8. The van der Waals surface area contributed by atoms with E-state index in [-0.39, 0.29) is 12.1 Å². The Hall–Kier alpha value is -0.810. The van der Waals surface area contributed by atoms with Crippen molar-refractivity contribution in [3.63, 3.8) is 0 Å². The molecule has 2 aliphatic rings. The van der Waals surface area contributed by atoms with E-state index in [1.165, 1.54) is 0 Å². The van der Waals surface area contributed by atoms with E-state index >= 15 is 0 Å². The van der Waals surface area contributed by atoms with Gasteiger partial charge in [-0.1, -0.05) is 0 Å². The number of rotatable bonds is 4. The van der Waals surface area contributed by atoms with Gasteiger partial charge in [0.25, 0.3) is 0 Å². The Bertz CT molecular complexity index is 340. The van der Waals surface area contributed by atoms with Crippen LogP contribution in [0.3, 0.4) is 0 Å². The first-order valence-corrected chi connectivity index (χ1v) is 8.14. The predicted octanol–water partition coefficient (Wildman–Crippen LogP) is 2.59. The minimum Gasteiger partial charge on any atom is -0.444 e. The molecule has 0 heterocycles. The van der Waals surface area contributed by atoms with Crippen LogP contribution in [0.5, 0.6) is 0 Å². The van der Waals surface area contributed by atoms with Gasteiger partial charge in [0.05, 0.1) is 6.10 Å². The number of carbonyl (C=O) groups excluding carboxylic acids is 1. The molecule has 0 radical (unpaired) electrons. The van der Waals surface area contributed by atoms with E-state index in [9.17, 15) is 4.79 Å². The van der Waals surface area contributed by atoms with Gasteiger partial charge in [-0.25, -0.2) is 4.79 Å². The highest BCUT2D eigenvalue weighted by molar-refractivity contribution is 5.68. The fraction of sp³-hybridized carbons (Fsp3) is 0.938. The Kier molecular flexibility index (Phi) is 5.49. The van der Waals surface area contributed by atoms with E-state index < -0.39 is 5.60 Å². The molecule has 0 aromatic heterocycles. The fourth-order valence-corrected chi connectivity index (χ4v) is 3.11. The zero-order valence-corrected chi connectivity index (χ0v) is 13.8. The lowest BCUT2D eigenvalue weighted by Crippen LogP contribution is -2.51. The van der Waals surface area contributed by atoms with Gasteiger partial charge >= 0.3 is 6.09 Å². The molecule has 122 valence electrons. The molecule has 2 fully saturated rings. The monoisotopic (exact) mass is 298 g/mol. The summed E-state index contributed by atoms with van der Waals surface area (Å²) in [5.41, 5.74) is -0.426. The van der Waals surface area contributed by atoms with Crippen LogP contribution < -0.4 is 10.6 Å². The summed E-state index contributed by atoms with van der Waals surface area (Å²) in [6.07, 6.45) is 6.71. The molecule has 0 spiro atoms. The lowest BCUT2D eigenvalue weighted by molar-refractivity contribution is 0.0122. The molecule has 0 aliphatic heterocycles. The minimum absolute atomic E-state index is 0.256. The summed E-state index contributed by atoms with van der Waals surface area (Å²) in [6, 6.07) is 1.46. The molecule has 0 aromatic rings. The first-order valence-electron chi connectivity index (χ1n) is 8.14. The van der Waals surface area contributed by atoms with Gasteiger partial charge in [0.1, 0.15) is 5.60 Å². The molecule has 0 atom stereocenters. The summed E-state index contributed by atoms with van der Waals surface area (Å²) in [5, 5.41) is 6.69. The van der Waals surface area contributed by atoms with Crippen LogP contribution in [0, 0.1) is 0 Å². The highest BCUT2D eigenvalue weighted by Gasteiger charge is 2.32. The summed E-state index contributed by atoms with van der Waals surface area (Å²) in [7, 11) is 1.79. The van der Waals surface area contributed by atoms with Gasteiger partial charge in [0, 0.05) is 25.2 Å². The Morgan fingerprint density at radius 3 is 2.10 bits per heavy atom. The number of alkyl carbamates (subject to hydrolysis) is 1. The Morgan fingerprint density at radius 2 is 1.57 bits per heavy atom. The normalized spacial score (nSPS) is 33.1. The van der Waals surface area contributed by atoms with Crippen molar-refractivity contribution >= 4 is 6.09 Å². The lowest BCUT2D eigenvalue weighted by Gasteiger charge is -2.39. The van der Waals surface area contributed by atoms with Crippen molar-refractivity contribution in [2.75, 3.05) is 7.11 Å². The van der Waals surface area contributed by atoms with Crippen LogP contribution >= 0.6 is 0 Å². The number of ether oxygens (including phenoxy) is 2. The van der Waals surface area contributed by atoms with Gasteiger partial charge in [-0.2, -0.15) is 0 Å². The van der Waals surface area contributed by atoms with Crippen molar-refractivity contribution < 1.29 is 14.3 Å². The van der Waals surface area contributed by atoms with Gasteiger partial charge in [-0.3, -0.25) is 0 Å². The molecule has 5 heteroatoms. The molecular formula is C16H30N2O3. The predicted molar refractivity (Wildman–Crippen MR) is 82.4 cm³/mol. The Labute approximate surface area is 128 Å². The van der Waals surface area contributed by atoms with Crippen LogP contribution in [-0.4, -0.2) is 43.0 Å². The van der Waals surface area contributed by atoms with Crippen LogP contribution in [0.2, 0.25) is 0 Å². The van der Waals surface area contributed by atoms with Crippen molar-refractivity contribution in [1.29, 1.82) is 0 Å². The Balaban J connectivity index is 1.61. The summed E-state index contributed by atoms with van der Waals surface area (Å²) < 4.78 is 10.6. The van der Waals surface area contributed by atoms with Gasteiger partial charge in [-0.15, -0.1) is 0 Å². The molecule has 0 aromatic carbocycles. The fourth-order valence-electron chi connectivity index (χ4n) is 3.11. The van der Waals surface area contributed by atoms with Crippen molar-refractivity contribution in [3.05, 3.63) is 0 Å². The van der Waals surface area contributed by atoms with Gasteiger partial charge in [0.15, 0.2) is 0 Å². The number of methoxy groups -OCH3 is 1. The summed E-state index contributed by atoms with van der Waals surface area (Å²) in [4.78, 5) is 11.7. The summed E-state index contributed by atoms with van der Waals surface area (Å²) >= 11 is 0. The second-order valence-electron chi connectivity index (χ2n) is 7.39. The number of carbonyl (C=O) groups is 1. The number of hydrogen-bond acceptors (Lipinski definition) is 4. The largest absolute Gasteiger partial charge is 0.444 e. The highest BCUT2D eigenvalue weighted by atomic mass is 16.6. The number of nitrogens with one attached hydrogen (secondary N) is 2. The van der Waals surface area contributed by atoms with Crippen LogP contribution in [0.25, 0.3) is 0 Å². The second kappa shape index (κ2) is 6.97. The van der Waals surface area contributed by atoms with Gasteiger partial charge in [0.2, 0.25) is 0 Å². The summed E-state index contributed by atoms with van der Waals surface area (Å²) in [5.74, 6) is 0. The molecule has 0 bridgehead atoms. The van der Waals surface area contributed by atoms with E-state index in [0.717, 1.165) is 38.5 Å². The van der Waals surface area contributed by atoms with Crippen LogP contribution in [0.1, 0.15) is 59.3 Å². The first-order chi connectivity index (χ1) is 9.85. The van der Waals surface area contributed by atoms with E-state index in [1.807, 2.05) is 20.8 Å². The molecule has 0 saturated heterocycles. The standard InChI is InChI=1S/C16H30N2O3/c1-16(2,3)21-15(19)18-12-7-5-11(6-8-12)17-13-9-14(10-13)20-4/h11-14,17H,5-10H2,1-4H3,(H,18,19). The number of amides is 1. The maximum absolute atomic E-state index is 11.7. The molecule has 5 nitrogen and oxygen atoms in total. The summed E-state index contributed by atoms with van der Waals surface area (Å²) in [6.45, 7) is 5.66. The molecular weight excluding hydrogens is 268 g/mol. The van der Waals surface area contributed by atoms with Crippen molar-refractivity contribution in [2.24, 2.45) is 0 Å². The molecule has 2 saturated carbocycles. The van der Waals surface area contributed by atoms with E-state index in [2.05, 4.69) is 10.6 Å². The molecule has 2 N–H and O–H groups in total. The van der Waals surface area contributed by atoms with Gasteiger partial charge in [-0.05, 0) is 59.3 Å². The topological polar surface area (TPSA) is 59.6 Å². The third-order valence-electron chi connectivity index (χ3n) is 4.35. The minimum atomic E-state index is -0.426. The average Bonchev–Trinajstić information content (AvgIpc) is 2.32. The van der Waals surface area contributed by atoms with E-state index in [4.69, 9.17) is 9.47 Å². The average molecular weight is 298 g/mol. The molecule has 21 heavy (non-hydrogen) atoms. The third kappa shape index (κ3) is 5.47. The molecule has 2 rings (SSSR count). The Morgan fingerprint density at radius 1 is 1.00 bits per heavy atom. The maximum atomic E-state index is 11.7. The first kappa shape index (κ1) is 16.6. The van der Waals surface area contributed by atoms with Crippen LogP contribution in [0.15, 0.2) is 0 Å². The van der Waals surface area contributed by atoms with Crippen LogP contribution in [0.4, 0.5) is 4.79 Å². The van der Waals surface area contributed by atoms with Crippen molar-refractivity contribution in [1.82, 2.24) is 10.6 Å².